The van der Waals surface area contributed by atoms with E-state index in [9.17, 15) is 19.5 Å². The number of hydrogen-bond acceptors (Lipinski definition) is 10. The van der Waals surface area contributed by atoms with E-state index < -0.39 is 47.5 Å². The van der Waals surface area contributed by atoms with Crippen LogP contribution in [0.3, 0.4) is 0 Å². The topological polar surface area (TPSA) is 134 Å². The Hall–Kier alpha value is 0.0800. The second kappa shape index (κ2) is 6.69. The molecule has 33 heavy (non-hydrogen) atoms. The zero-order valence-corrected chi connectivity index (χ0v) is 22.6. The average Bonchev–Trinajstić information content (AvgIpc) is 3.57. The normalized spacial score (nSPS) is 56.8. The standard InChI is InChI=1S/C21H24NO8PS.Na/c1-9(2)19-15(32-8-22)14-21(28-14)18(3)5-4-10-11(7-26-16(10)23)12(18)6-13-20(21,27-13)17(19)29-31(24,25)30-19;/h9,12-15,17H,4-7H2,1-3H3,(H,24,25);/q;+1/p-1/t12-,13-,14?,15+,17+,18-,19+,20+,21+;/m0./s1. The molecule has 0 amide bonds. The monoisotopic (exact) mass is 503 g/mol. The molecule has 0 bridgehead atoms. The van der Waals surface area contributed by atoms with E-state index in [4.69, 9.17) is 23.3 Å². The fourth-order valence-corrected chi connectivity index (χ4v) is 10.8. The quantitative estimate of drug-likeness (QED) is 0.149. The zero-order valence-electron chi connectivity index (χ0n) is 18.9. The Morgan fingerprint density at radius 1 is 1.33 bits per heavy atom. The van der Waals surface area contributed by atoms with Gasteiger partial charge in [-0.15, -0.1) is 0 Å². The summed E-state index contributed by atoms with van der Waals surface area (Å²) in [4.78, 5) is 24.9. The Bertz CT molecular complexity index is 1110. The molecule has 5 fully saturated rings. The van der Waals surface area contributed by atoms with Crippen molar-refractivity contribution in [2.24, 2.45) is 17.3 Å². The van der Waals surface area contributed by atoms with Crippen molar-refractivity contribution in [1.29, 1.82) is 5.26 Å². The molecule has 2 spiro atoms. The third kappa shape index (κ3) is 2.35. The van der Waals surface area contributed by atoms with Gasteiger partial charge in [0, 0.05) is 11.0 Å². The number of esters is 1. The fraction of sp³-hybridized carbons (Fsp3) is 0.810. The molecule has 4 heterocycles. The molecule has 0 aromatic rings. The molecule has 0 aromatic heterocycles. The van der Waals surface area contributed by atoms with E-state index in [2.05, 4.69) is 12.3 Å². The molecular weight excluding hydrogens is 480 g/mol. The number of hydrogen-bond donors (Lipinski definition) is 0. The van der Waals surface area contributed by atoms with E-state index >= 15 is 0 Å². The van der Waals surface area contributed by atoms with Crippen LogP contribution in [0.4, 0.5) is 0 Å². The van der Waals surface area contributed by atoms with Crippen molar-refractivity contribution in [3.8, 4) is 5.40 Å². The van der Waals surface area contributed by atoms with Gasteiger partial charge in [0.2, 0.25) is 0 Å². The number of epoxide rings is 2. The largest absolute Gasteiger partial charge is 1.00 e. The molecule has 4 aliphatic heterocycles. The van der Waals surface area contributed by atoms with E-state index in [1.807, 2.05) is 13.8 Å². The van der Waals surface area contributed by atoms with Gasteiger partial charge in [0.05, 0.1) is 11.4 Å². The number of carbonyl (C=O) groups is 1. The van der Waals surface area contributed by atoms with Gasteiger partial charge in [-0.1, -0.05) is 20.8 Å². The summed E-state index contributed by atoms with van der Waals surface area (Å²) in [6.45, 7) is 6.23. The van der Waals surface area contributed by atoms with Crippen LogP contribution in [-0.2, 0) is 32.6 Å². The van der Waals surface area contributed by atoms with Crippen molar-refractivity contribution in [2.75, 3.05) is 6.61 Å². The summed E-state index contributed by atoms with van der Waals surface area (Å²) in [7, 11) is -4.58. The molecule has 7 aliphatic rings. The fourth-order valence-electron chi connectivity index (χ4n) is 8.14. The number of fused-ring (bicyclic) bond motifs is 3. The Morgan fingerprint density at radius 3 is 2.79 bits per heavy atom. The molecule has 0 aromatic carbocycles. The molecule has 3 aliphatic carbocycles. The summed E-state index contributed by atoms with van der Waals surface area (Å²) < 4.78 is 42.5. The summed E-state index contributed by atoms with van der Waals surface area (Å²) in [5.41, 5.74) is -1.60. The van der Waals surface area contributed by atoms with Gasteiger partial charge in [0.25, 0.3) is 7.82 Å². The van der Waals surface area contributed by atoms with Crippen LogP contribution in [0.5, 0.6) is 0 Å². The third-order valence-corrected chi connectivity index (χ3v) is 11.5. The van der Waals surface area contributed by atoms with E-state index in [0.29, 0.717) is 25.9 Å². The second-order valence-corrected chi connectivity index (χ2v) is 12.8. The number of nitriles is 1. The number of thioether (sulfide) groups is 1. The number of phosphoric acid groups is 1. The minimum absolute atomic E-state index is 0. The van der Waals surface area contributed by atoms with Crippen molar-refractivity contribution in [1.82, 2.24) is 0 Å². The van der Waals surface area contributed by atoms with Crippen LogP contribution in [0.15, 0.2) is 11.1 Å². The van der Waals surface area contributed by atoms with Crippen LogP contribution in [0.2, 0.25) is 0 Å². The maximum Gasteiger partial charge on any atom is 1.00 e. The van der Waals surface area contributed by atoms with Crippen molar-refractivity contribution in [3.63, 3.8) is 0 Å². The first-order valence-electron chi connectivity index (χ1n) is 11.1. The molecule has 2 unspecified atom stereocenters. The number of ether oxygens (including phenoxy) is 3. The first-order chi connectivity index (χ1) is 15.1. The van der Waals surface area contributed by atoms with Crippen LogP contribution >= 0.6 is 19.6 Å². The number of nitrogens with zero attached hydrogens (tertiary/aromatic N) is 1. The smallest absolute Gasteiger partial charge is 0.756 e. The van der Waals surface area contributed by atoms with Crippen molar-refractivity contribution >= 4 is 25.6 Å². The molecule has 3 saturated heterocycles. The number of carbonyl (C=O) groups excluding carboxylic acids is 1. The third-order valence-electron chi connectivity index (χ3n) is 9.48. The molecule has 0 radical (unpaired) electrons. The van der Waals surface area contributed by atoms with Crippen molar-refractivity contribution in [2.45, 2.75) is 80.4 Å². The Labute approximate surface area is 217 Å². The minimum Gasteiger partial charge on any atom is -0.756 e. The summed E-state index contributed by atoms with van der Waals surface area (Å²) in [6.07, 6.45) is 0.366. The van der Waals surface area contributed by atoms with Gasteiger partial charge in [-0.25, -0.2) is 4.79 Å². The Kier molecular flexibility index (Phi) is 4.76. The Morgan fingerprint density at radius 2 is 2.09 bits per heavy atom. The maximum atomic E-state index is 12.7. The summed E-state index contributed by atoms with van der Waals surface area (Å²) in [5.74, 6) is -0.456. The van der Waals surface area contributed by atoms with E-state index in [-0.39, 0.29) is 53.5 Å². The van der Waals surface area contributed by atoms with Gasteiger partial charge in [-0.2, -0.15) is 5.26 Å². The van der Waals surface area contributed by atoms with E-state index in [1.54, 1.807) is 0 Å². The minimum atomic E-state index is -4.58. The first kappa shape index (κ1) is 23.5. The molecular formula is C21H23NNaO8PS. The number of thiocyanates is 1. The Balaban J connectivity index is 0.00000206. The van der Waals surface area contributed by atoms with Crippen LogP contribution in [0.25, 0.3) is 0 Å². The predicted octanol–water partition coefficient (Wildman–Crippen LogP) is -1.19. The van der Waals surface area contributed by atoms with Crippen LogP contribution < -0.4 is 34.5 Å². The van der Waals surface area contributed by atoms with Gasteiger partial charge < -0.3 is 28.2 Å². The summed E-state index contributed by atoms with van der Waals surface area (Å²) in [6, 6.07) is 0. The van der Waals surface area contributed by atoms with Crippen molar-refractivity contribution in [3.05, 3.63) is 11.1 Å². The number of phosphoric ester groups is 1. The van der Waals surface area contributed by atoms with Crippen LogP contribution in [-0.4, -0.2) is 52.9 Å². The summed E-state index contributed by atoms with van der Waals surface area (Å²) >= 11 is 1.00. The van der Waals surface area contributed by atoms with E-state index in [0.717, 1.165) is 22.9 Å². The van der Waals surface area contributed by atoms with Crippen LogP contribution in [0, 0.1) is 27.9 Å². The number of cyclic esters (lactones) is 1. The van der Waals surface area contributed by atoms with Gasteiger partial charge in [0.15, 0.2) is 5.60 Å². The van der Waals surface area contributed by atoms with Gasteiger partial charge >= 0.3 is 35.5 Å². The van der Waals surface area contributed by atoms with Crippen molar-refractivity contribution < 1.29 is 67.1 Å². The first-order valence-corrected chi connectivity index (χ1v) is 13.4. The zero-order chi connectivity index (χ0) is 22.5. The summed E-state index contributed by atoms with van der Waals surface area (Å²) in [5, 5.41) is 11.2. The molecule has 12 heteroatoms. The van der Waals surface area contributed by atoms with Gasteiger partial charge in [-0.3, -0.25) is 4.57 Å². The maximum absolute atomic E-state index is 12.7. The molecule has 9 nitrogen and oxygen atoms in total. The molecule has 172 valence electrons. The second-order valence-electron chi connectivity index (χ2n) is 10.6. The van der Waals surface area contributed by atoms with E-state index in [1.165, 1.54) is 0 Å². The molecule has 2 saturated carbocycles. The molecule has 0 N–H and O–H groups in total. The van der Waals surface area contributed by atoms with Gasteiger partial charge in [0.1, 0.15) is 35.4 Å². The van der Waals surface area contributed by atoms with Crippen LogP contribution in [0.1, 0.15) is 40.0 Å². The molecule has 7 rings (SSSR count). The van der Waals surface area contributed by atoms with Gasteiger partial charge in [-0.05, 0) is 48.4 Å². The average molecular weight is 503 g/mol. The molecule has 10 atom stereocenters. The SMILES string of the molecule is CC(C)[C@]12OP(=O)([O-])O[C@H]1[C@]13O[C@H]1C[C@H]1C4=C(CC[C@]1(C)[C@@]31OC1[C@H]2SC#N)C(=O)OC4.[Na+]. The number of rotatable bonds is 2. The predicted molar refractivity (Wildman–Crippen MR) is 107 cm³/mol.